The first-order chi connectivity index (χ1) is 17.6. The van der Waals surface area contributed by atoms with Gasteiger partial charge >= 0.3 is 12.2 Å². The van der Waals surface area contributed by atoms with Crippen molar-refractivity contribution >= 4 is 23.7 Å². The van der Waals surface area contributed by atoms with Gasteiger partial charge in [-0.15, -0.1) is 0 Å². The van der Waals surface area contributed by atoms with Crippen LogP contribution in [0, 0.1) is 55.4 Å². The van der Waals surface area contributed by atoms with Gasteiger partial charge in [-0.2, -0.15) is 13.2 Å². The quantitative estimate of drug-likeness (QED) is 0.171. The minimum absolute atomic E-state index is 0. The number of amides is 2. The summed E-state index contributed by atoms with van der Waals surface area (Å²) in [6.45, 7) is 13.2. The average molecular weight is 618 g/mol. The average Bonchev–Trinajstić information content (AvgIpc) is 2.84. The summed E-state index contributed by atoms with van der Waals surface area (Å²) in [6.07, 6.45) is -1.69. The number of urea groups is 1. The summed E-state index contributed by atoms with van der Waals surface area (Å²) in [6, 6.07) is 2.14. The number of rotatable bonds is 5. The maximum atomic E-state index is 13.8. The Morgan fingerprint density at radius 3 is 1.82 bits per heavy atom. The number of halogens is 3. The van der Waals surface area contributed by atoms with E-state index in [1.54, 1.807) is 47.8 Å². The van der Waals surface area contributed by atoms with Gasteiger partial charge in [0, 0.05) is 50.2 Å². The molecule has 1 aromatic heterocycles. The summed E-state index contributed by atoms with van der Waals surface area (Å²) >= 11 is 0. The van der Waals surface area contributed by atoms with E-state index in [4.69, 9.17) is 4.74 Å². The van der Waals surface area contributed by atoms with Crippen molar-refractivity contribution in [1.82, 2.24) is 0 Å². The van der Waals surface area contributed by atoms with Crippen LogP contribution in [0.3, 0.4) is 0 Å². The third-order valence-corrected chi connectivity index (χ3v) is 7.17. The number of ether oxygens (including phenoxy) is 1. The number of anilines is 2. The van der Waals surface area contributed by atoms with E-state index >= 15 is 0 Å². The van der Waals surface area contributed by atoms with Crippen LogP contribution in [0.2, 0.25) is 0 Å². The molecule has 2 aromatic carbocycles. The second-order valence-corrected chi connectivity index (χ2v) is 9.33. The molecule has 3 N–H and O–H groups in total. The van der Waals surface area contributed by atoms with Crippen LogP contribution < -0.4 is 20.1 Å². The van der Waals surface area contributed by atoms with E-state index < -0.39 is 17.8 Å². The Hall–Kier alpha value is -2.98. The van der Waals surface area contributed by atoms with Gasteiger partial charge in [-0.25, -0.2) is 4.79 Å². The molecule has 0 aliphatic heterocycles. The Labute approximate surface area is 250 Å². The van der Waals surface area contributed by atoms with Crippen molar-refractivity contribution in [1.29, 1.82) is 0 Å². The van der Waals surface area contributed by atoms with Gasteiger partial charge in [0.2, 0.25) is 6.20 Å². The molecule has 0 saturated carbocycles. The van der Waals surface area contributed by atoms with Crippen molar-refractivity contribution in [3.63, 3.8) is 0 Å². The number of hydrogen-bond donors (Lipinski definition) is 3. The fraction of sp³-hybridized carbons (Fsp3) is 0.321. The van der Waals surface area contributed by atoms with E-state index in [2.05, 4.69) is 10.6 Å². The molecule has 1 heterocycles. The van der Waals surface area contributed by atoms with Crippen molar-refractivity contribution < 1.29 is 70.1 Å². The Morgan fingerprint density at radius 1 is 0.846 bits per heavy atom. The molecule has 0 atom stereocenters. The van der Waals surface area contributed by atoms with E-state index in [-0.39, 0.29) is 55.2 Å². The zero-order valence-corrected chi connectivity index (χ0v) is 25.9. The molecule has 3 aromatic rings. The van der Waals surface area contributed by atoms with Crippen molar-refractivity contribution in [3.8, 4) is 11.5 Å². The van der Waals surface area contributed by atoms with Crippen LogP contribution in [0.5, 0.6) is 11.5 Å². The van der Waals surface area contributed by atoms with Crippen molar-refractivity contribution in [3.05, 3.63) is 74.1 Å². The maximum Gasteiger partial charge on any atom is 0.417 e. The molecule has 0 unspecified atom stereocenters. The van der Waals surface area contributed by atoms with Gasteiger partial charge < -0.3 is 20.2 Å². The molecule has 0 aliphatic rings. The van der Waals surface area contributed by atoms with Crippen LogP contribution in [-0.2, 0) is 43.7 Å². The third-order valence-electron chi connectivity index (χ3n) is 7.17. The monoisotopic (exact) mass is 618 g/mol. The topological polar surface area (TPSA) is 91.5 Å². The number of benzene rings is 2. The van der Waals surface area contributed by atoms with E-state index in [0.29, 0.717) is 55.3 Å². The molecule has 1 radical (unpaired) electrons. The predicted molar refractivity (Wildman–Crippen MR) is 137 cm³/mol. The van der Waals surface area contributed by atoms with Crippen molar-refractivity contribution in [2.75, 3.05) is 10.6 Å². The molecular formula is C28H30F3N3O4Y. The Morgan fingerprint density at radius 2 is 1.33 bits per heavy atom. The molecule has 0 fully saturated rings. The van der Waals surface area contributed by atoms with Crippen LogP contribution >= 0.6 is 0 Å². The van der Waals surface area contributed by atoms with Gasteiger partial charge in [-0.05, 0) is 105 Å². The molecule has 0 aliphatic carbocycles. The number of pyridine rings is 1. The van der Waals surface area contributed by atoms with Gasteiger partial charge in [-0.1, -0.05) is 6.07 Å². The molecule has 39 heavy (non-hydrogen) atoms. The van der Waals surface area contributed by atoms with Crippen LogP contribution in [-0.4, -0.2) is 17.5 Å². The van der Waals surface area contributed by atoms with Gasteiger partial charge in [0.1, 0.15) is 11.4 Å². The molecule has 2 amide bonds. The van der Waals surface area contributed by atoms with Crippen LogP contribution in [0.15, 0.2) is 18.3 Å². The number of nitrogens with one attached hydrogen (secondary N) is 2. The summed E-state index contributed by atoms with van der Waals surface area (Å²) in [5, 5.41) is 15.1. The first-order valence-corrected chi connectivity index (χ1v) is 11.8. The molecule has 0 bridgehead atoms. The number of carbonyl (C=O) groups excluding carboxylic acids is 2. The second-order valence-electron chi connectivity index (χ2n) is 9.33. The van der Waals surface area contributed by atoms with Crippen molar-refractivity contribution in [2.45, 2.75) is 61.6 Å². The summed E-state index contributed by atoms with van der Waals surface area (Å²) < 4.78 is 47.9. The number of carbonyl (C=O) groups is 1. The number of nitrogens with zero attached hydrogens (tertiary/aromatic N) is 1. The summed E-state index contributed by atoms with van der Waals surface area (Å²) in [4.78, 5) is 24.1. The smallest absolute Gasteiger partial charge is 0.417 e. The minimum atomic E-state index is -4.56. The van der Waals surface area contributed by atoms with Crippen LogP contribution in [0.25, 0.3) is 0 Å². The Balaban J connectivity index is 0.00000533. The SMILES string of the molecule is Cc1c(C)c(NC(=O)Nc2c(C)c(C)c(Oc3cc[n+](O)c([C-]=O)c3)c(C)c2C)c(C)c(C(F)(F)F)c1C.[Y]. The molecule has 205 valence electrons. The first kappa shape index (κ1) is 32.2. The minimum Gasteiger partial charge on any atom is -0.475 e. The fourth-order valence-electron chi connectivity index (χ4n) is 4.56. The molecule has 0 spiro atoms. The van der Waals surface area contributed by atoms with Gasteiger partial charge in [0.05, 0.1) is 17.6 Å². The summed E-state index contributed by atoms with van der Waals surface area (Å²) in [7, 11) is 0. The predicted octanol–water partition coefficient (Wildman–Crippen LogP) is 6.59. The first-order valence-electron chi connectivity index (χ1n) is 11.8. The maximum absolute atomic E-state index is 13.8. The molecule has 0 saturated heterocycles. The molecule has 7 nitrogen and oxygen atoms in total. The number of hydrogen-bond acceptors (Lipinski definition) is 4. The largest absolute Gasteiger partial charge is 0.475 e. The normalized spacial score (nSPS) is 11.1. The fourth-order valence-corrected chi connectivity index (χ4v) is 4.56. The molecule has 11 heteroatoms. The molecular weight excluding hydrogens is 588 g/mol. The Bertz CT molecular complexity index is 1440. The Kier molecular flexibility index (Phi) is 9.95. The summed E-state index contributed by atoms with van der Waals surface area (Å²) in [5.74, 6) is 0.812. The summed E-state index contributed by atoms with van der Waals surface area (Å²) in [5.41, 5.74) is 3.67. The zero-order valence-electron chi connectivity index (χ0n) is 23.1. The third kappa shape index (κ3) is 6.27. The van der Waals surface area contributed by atoms with E-state index in [0.717, 1.165) is 0 Å². The van der Waals surface area contributed by atoms with Gasteiger partial charge in [-0.3, -0.25) is 5.21 Å². The number of alkyl halides is 3. The van der Waals surface area contributed by atoms with E-state index in [9.17, 15) is 28.0 Å². The van der Waals surface area contributed by atoms with Gasteiger partial charge in [0.15, 0.2) is 0 Å². The van der Waals surface area contributed by atoms with Crippen LogP contribution in [0.1, 0.15) is 55.8 Å². The second kappa shape index (κ2) is 12.0. The van der Waals surface area contributed by atoms with Crippen molar-refractivity contribution in [2.24, 2.45) is 0 Å². The number of aromatic nitrogens is 1. The van der Waals surface area contributed by atoms with Crippen LogP contribution in [0.4, 0.5) is 29.3 Å². The van der Waals surface area contributed by atoms with E-state index in [1.807, 2.05) is 0 Å². The van der Waals surface area contributed by atoms with Gasteiger partial charge in [0.25, 0.3) is 0 Å². The van der Waals surface area contributed by atoms with E-state index in [1.165, 1.54) is 32.2 Å². The standard InChI is InChI=1S/C28H30F3N3O4.Y/c1-13-14(2)23(28(29,30)31)20(8)25(15(13)3)33-27(36)32-24-16(4)18(6)26(19(7)17(24)5)38-22-9-10-34(37)21(11-22)12-35;/h9-11,37H,1-8H3,(H2,32,33,36);. The zero-order chi connectivity index (χ0) is 28.7. The molecule has 3 rings (SSSR count).